The molecule has 1 aromatic carbocycles. The number of nitrogens with one attached hydrogen (secondary N) is 1. The molecule has 1 aliphatic rings. The fourth-order valence-corrected chi connectivity index (χ4v) is 2.42. The number of rotatable bonds is 5. The molecule has 0 aromatic heterocycles. The predicted octanol–water partition coefficient (Wildman–Crippen LogP) is 2.83. The van der Waals surface area contributed by atoms with E-state index in [1.54, 1.807) is 18.2 Å². The summed E-state index contributed by atoms with van der Waals surface area (Å²) in [5, 5.41) is 2.87. The van der Waals surface area contributed by atoms with E-state index in [2.05, 4.69) is 5.32 Å². The van der Waals surface area contributed by atoms with E-state index in [4.69, 9.17) is 4.74 Å². The minimum absolute atomic E-state index is 0.183. The Labute approximate surface area is 129 Å². The van der Waals surface area contributed by atoms with Crippen molar-refractivity contribution in [3.63, 3.8) is 0 Å². The standard InChI is InChI=1S/C17H20FNO3/c1-12(17(21)19-14-7-3-4-8-14)22-16(20)11-10-13-6-2-5-9-15(13)18/h2,5-6,9-12,14H,3-4,7-8H2,1H3,(H,19,21)/b11-10+/t12-/m0/s1. The van der Waals surface area contributed by atoms with Gasteiger partial charge in [0.15, 0.2) is 6.10 Å². The van der Waals surface area contributed by atoms with Gasteiger partial charge in [-0.3, -0.25) is 4.79 Å². The first-order valence-electron chi connectivity index (χ1n) is 7.50. The number of hydrogen-bond acceptors (Lipinski definition) is 3. The van der Waals surface area contributed by atoms with Gasteiger partial charge in [-0.2, -0.15) is 0 Å². The van der Waals surface area contributed by atoms with E-state index in [-0.39, 0.29) is 11.9 Å². The van der Waals surface area contributed by atoms with E-state index >= 15 is 0 Å². The van der Waals surface area contributed by atoms with E-state index in [0.717, 1.165) is 31.8 Å². The molecule has 0 bridgehead atoms. The van der Waals surface area contributed by atoms with E-state index in [1.165, 1.54) is 19.1 Å². The summed E-state index contributed by atoms with van der Waals surface area (Å²) in [6.45, 7) is 1.53. The van der Waals surface area contributed by atoms with Gasteiger partial charge >= 0.3 is 5.97 Å². The molecule has 1 saturated carbocycles. The molecule has 1 aliphatic carbocycles. The summed E-state index contributed by atoms with van der Waals surface area (Å²) in [4.78, 5) is 23.6. The number of ether oxygens (including phenoxy) is 1. The van der Waals surface area contributed by atoms with Gasteiger partial charge in [-0.25, -0.2) is 9.18 Å². The molecule has 0 saturated heterocycles. The molecule has 0 aliphatic heterocycles. The number of halogens is 1. The number of esters is 1. The molecule has 0 spiro atoms. The van der Waals surface area contributed by atoms with Crippen molar-refractivity contribution in [2.24, 2.45) is 0 Å². The van der Waals surface area contributed by atoms with Crippen LogP contribution in [0.4, 0.5) is 4.39 Å². The zero-order valence-corrected chi connectivity index (χ0v) is 12.5. The number of amides is 1. The highest BCUT2D eigenvalue weighted by Crippen LogP contribution is 2.17. The molecule has 1 N–H and O–H groups in total. The highest BCUT2D eigenvalue weighted by molar-refractivity contribution is 5.90. The summed E-state index contributed by atoms with van der Waals surface area (Å²) >= 11 is 0. The Bertz CT molecular complexity index is 565. The van der Waals surface area contributed by atoms with Crippen LogP contribution in [0.5, 0.6) is 0 Å². The molecule has 0 radical (unpaired) electrons. The average Bonchev–Trinajstić information content (AvgIpc) is 2.99. The fourth-order valence-electron chi connectivity index (χ4n) is 2.42. The van der Waals surface area contributed by atoms with Gasteiger partial charge in [-0.1, -0.05) is 31.0 Å². The number of carbonyl (C=O) groups is 2. The first-order valence-corrected chi connectivity index (χ1v) is 7.50. The molecule has 2 rings (SSSR count). The Morgan fingerprint density at radius 3 is 2.68 bits per heavy atom. The summed E-state index contributed by atoms with van der Waals surface area (Å²) in [6.07, 6.45) is 5.77. The summed E-state index contributed by atoms with van der Waals surface area (Å²) in [7, 11) is 0. The molecule has 5 heteroatoms. The Morgan fingerprint density at radius 1 is 1.32 bits per heavy atom. The lowest BCUT2D eigenvalue weighted by molar-refractivity contribution is -0.150. The van der Waals surface area contributed by atoms with Crippen molar-refractivity contribution in [1.29, 1.82) is 0 Å². The second-order valence-electron chi connectivity index (χ2n) is 5.42. The summed E-state index contributed by atoms with van der Waals surface area (Å²) < 4.78 is 18.4. The van der Waals surface area contributed by atoms with Crippen LogP contribution in [-0.4, -0.2) is 24.0 Å². The van der Waals surface area contributed by atoms with Gasteiger partial charge in [0.25, 0.3) is 5.91 Å². The van der Waals surface area contributed by atoms with Gasteiger partial charge in [0, 0.05) is 17.7 Å². The summed E-state index contributed by atoms with van der Waals surface area (Å²) in [5.41, 5.74) is 0.294. The van der Waals surface area contributed by atoms with E-state index in [1.807, 2.05) is 0 Å². The maximum absolute atomic E-state index is 13.4. The zero-order valence-electron chi connectivity index (χ0n) is 12.5. The SMILES string of the molecule is C[C@H](OC(=O)/C=C/c1ccccc1F)C(=O)NC1CCCC1. The quantitative estimate of drug-likeness (QED) is 0.672. The maximum atomic E-state index is 13.4. The number of benzene rings is 1. The van der Waals surface area contributed by atoms with Crippen LogP contribution < -0.4 is 5.32 Å². The molecule has 1 fully saturated rings. The molecular weight excluding hydrogens is 285 g/mol. The molecule has 1 aromatic rings. The molecule has 4 nitrogen and oxygen atoms in total. The van der Waals surface area contributed by atoms with Gasteiger partial charge in [0.1, 0.15) is 5.82 Å². The van der Waals surface area contributed by atoms with Crippen molar-refractivity contribution in [3.05, 3.63) is 41.7 Å². The van der Waals surface area contributed by atoms with Crippen molar-refractivity contribution >= 4 is 18.0 Å². The van der Waals surface area contributed by atoms with Gasteiger partial charge in [-0.15, -0.1) is 0 Å². The van der Waals surface area contributed by atoms with Crippen LogP contribution in [0.25, 0.3) is 6.08 Å². The lowest BCUT2D eigenvalue weighted by atomic mass is 10.2. The highest BCUT2D eigenvalue weighted by atomic mass is 19.1. The van der Waals surface area contributed by atoms with Crippen LogP contribution >= 0.6 is 0 Å². The first kappa shape index (κ1) is 16.2. The Balaban J connectivity index is 1.83. The third kappa shape index (κ3) is 4.69. The zero-order chi connectivity index (χ0) is 15.9. The Morgan fingerprint density at radius 2 is 2.00 bits per heavy atom. The highest BCUT2D eigenvalue weighted by Gasteiger charge is 2.22. The van der Waals surface area contributed by atoms with Crippen molar-refractivity contribution in [1.82, 2.24) is 5.32 Å². The second kappa shape index (κ2) is 7.73. The molecule has 22 heavy (non-hydrogen) atoms. The predicted molar refractivity (Wildman–Crippen MR) is 81.4 cm³/mol. The molecule has 1 atom stereocenters. The third-order valence-corrected chi connectivity index (χ3v) is 3.67. The van der Waals surface area contributed by atoms with Gasteiger partial charge < -0.3 is 10.1 Å². The van der Waals surface area contributed by atoms with Crippen molar-refractivity contribution in [3.8, 4) is 0 Å². The van der Waals surface area contributed by atoms with Gasteiger partial charge in [0.05, 0.1) is 0 Å². The number of carbonyl (C=O) groups excluding carboxylic acids is 2. The third-order valence-electron chi connectivity index (χ3n) is 3.67. The van der Waals surface area contributed by atoms with Crippen molar-refractivity contribution in [2.45, 2.75) is 44.8 Å². The average molecular weight is 305 g/mol. The maximum Gasteiger partial charge on any atom is 0.331 e. The first-order chi connectivity index (χ1) is 10.6. The van der Waals surface area contributed by atoms with Crippen LogP contribution in [0.1, 0.15) is 38.2 Å². The molecule has 118 valence electrons. The summed E-state index contributed by atoms with van der Waals surface area (Å²) in [6, 6.07) is 6.28. The Kier molecular flexibility index (Phi) is 5.69. The monoisotopic (exact) mass is 305 g/mol. The normalized spacial score (nSPS) is 16.6. The van der Waals surface area contributed by atoms with Crippen LogP contribution in [0.2, 0.25) is 0 Å². The topological polar surface area (TPSA) is 55.4 Å². The van der Waals surface area contributed by atoms with Gasteiger partial charge in [-0.05, 0) is 31.9 Å². The molecule has 1 amide bonds. The smallest absolute Gasteiger partial charge is 0.331 e. The van der Waals surface area contributed by atoms with E-state index in [0.29, 0.717) is 5.56 Å². The van der Waals surface area contributed by atoms with Crippen LogP contribution in [0.3, 0.4) is 0 Å². The number of hydrogen-bond donors (Lipinski definition) is 1. The van der Waals surface area contributed by atoms with E-state index < -0.39 is 17.9 Å². The van der Waals surface area contributed by atoms with Crippen LogP contribution in [-0.2, 0) is 14.3 Å². The lowest BCUT2D eigenvalue weighted by Crippen LogP contribution is -2.40. The van der Waals surface area contributed by atoms with Gasteiger partial charge in [0.2, 0.25) is 0 Å². The van der Waals surface area contributed by atoms with Crippen LogP contribution in [0, 0.1) is 5.82 Å². The minimum Gasteiger partial charge on any atom is -0.449 e. The van der Waals surface area contributed by atoms with Crippen molar-refractivity contribution in [2.75, 3.05) is 0 Å². The van der Waals surface area contributed by atoms with E-state index in [9.17, 15) is 14.0 Å². The largest absolute Gasteiger partial charge is 0.449 e. The Hall–Kier alpha value is -2.17. The van der Waals surface area contributed by atoms with Crippen LogP contribution in [0.15, 0.2) is 30.3 Å². The minimum atomic E-state index is -0.863. The summed E-state index contributed by atoms with van der Waals surface area (Å²) in [5.74, 6) is -1.38. The lowest BCUT2D eigenvalue weighted by Gasteiger charge is -2.16. The molecule has 0 unspecified atom stereocenters. The molecular formula is C17H20FNO3. The van der Waals surface area contributed by atoms with Crippen molar-refractivity contribution < 1.29 is 18.7 Å². The second-order valence-corrected chi connectivity index (χ2v) is 5.42. The molecule has 0 heterocycles. The fraction of sp³-hybridized carbons (Fsp3) is 0.412.